The second kappa shape index (κ2) is 11.2. The molecule has 168 valence electrons. The first-order valence-electron chi connectivity index (χ1n) is 11.6. The van der Waals surface area contributed by atoms with Crippen LogP contribution < -0.4 is 0 Å². The van der Waals surface area contributed by atoms with Crippen molar-refractivity contribution in [3.05, 3.63) is 34.0 Å². The van der Waals surface area contributed by atoms with Crippen molar-refractivity contribution in [2.45, 2.75) is 89.0 Å². The lowest BCUT2D eigenvalue weighted by molar-refractivity contribution is -0.0414. The Morgan fingerprint density at radius 1 is 1.40 bits per heavy atom. The van der Waals surface area contributed by atoms with Crippen LogP contribution in [0.4, 0.5) is 0 Å². The average molecular weight is 453 g/mol. The van der Waals surface area contributed by atoms with Gasteiger partial charge in [0.25, 0.3) is 0 Å². The minimum Gasteiger partial charge on any atom is -0.465 e. The van der Waals surface area contributed by atoms with E-state index in [0.717, 1.165) is 38.5 Å². The monoisotopic (exact) mass is 452 g/mol. The summed E-state index contributed by atoms with van der Waals surface area (Å²) in [7, 11) is 1.42. The first-order chi connectivity index (χ1) is 14.5. The molecule has 1 unspecified atom stereocenters. The number of hydrogen-bond acceptors (Lipinski definition) is 4. The average Bonchev–Trinajstić information content (AvgIpc) is 3.32. The van der Waals surface area contributed by atoms with Gasteiger partial charge in [0.2, 0.25) is 0 Å². The molecule has 0 saturated heterocycles. The molecule has 0 amide bonds. The molecule has 2 saturated carbocycles. The lowest BCUT2D eigenvalue weighted by Gasteiger charge is -2.45. The van der Waals surface area contributed by atoms with Gasteiger partial charge in [0.15, 0.2) is 0 Å². The molecule has 5 heteroatoms. The molecule has 0 aliphatic heterocycles. The van der Waals surface area contributed by atoms with E-state index in [0.29, 0.717) is 16.7 Å². The summed E-state index contributed by atoms with van der Waals surface area (Å²) in [6, 6.07) is 3.91. The molecule has 0 radical (unpaired) electrons. The standard InChI is InChI=1S/C25H37ClO3S/c1-3-25(16-7-17-25)23(27)11-5-4-10-20-18(12-14-21(20)26)8-6-9-19-13-15-22(30-19)24(28)29-2/h4,10,13,15,18,20-21,23,27H,3,5-9,11-12,14,16-17H2,1-2H3/t18-,20+,21+,23?/m0/s1. The molecule has 0 aromatic carbocycles. The molecule has 4 atom stereocenters. The van der Waals surface area contributed by atoms with Crippen molar-refractivity contribution < 1.29 is 14.6 Å². The van der Waals surface area contributed by atoms with E-state index >= 15 is 0 Å². The van der Waals surface area contributed by atoms with Crippen molar-refractivity contribution in [2.75, 3.05) is 7.11 Å². The summed E-state index contributed by atoms with van der Waals surface area (Å²) in [5, 5.41) is 10.8. The summed E-state index contributed by atoms with van der Waals surface area (Å²) in [4.78, 5) is 13.5. The molecule has 0 spiro atoms. The van der Waals surface area contributed by atoms with Gasteiger partial charge < -0.3 is 9.84 Å². The Balaban J connectivity index is 1.42. The molecule has 1 heterocycles. The second-order valence-electron chi connectivity index (χ2n) is 9.17. The fourth-order valence-corrected chi connectivity index (χ4v) is 6.68. The summed E-state index contributed by atoms with van der Waals surface area (Å²) in [6.07, 6.45) is 16.6. The SMILES string of the molecule is CCC1(C(O)CCC=C[C@@H]2[C@@H](CCCc3ccc(C(=O)OC)s3)CC[C@H]2Cl)CCC1. The van der Waals surface area contributed by atoms with E-state index in [1.807, 2.05) is 12.1 Å². The van der Waals surface area contributed by atoms with Crippen LogP contribution in [0.1, 0.15) is 85.7 Å². The number of ether oxygens (including phenoxy) is 1. The number of carbonyl (C=O) groups is 1. The zero-order valence-electron chi connectivity index (χ0n) is 18.4. The fraction of sp³-hybridized carbons (Fsp3) is 0.720. The van der Waals surface area contributed by atoms with E-state index in [-0.39, 0.29) is 22.9 Å². The first-order valence-corrected chi connectivity index (χ1v) is 12.9. The van der Waals surface area contributed by atoms with Crippen LogP contribution in [0.3, 0.4) is 0 Å². The minimum absolute atomic E-state index is 0.159. The van der Waals surface area contributed by atoms with Crippen molar-refractivity contribution in [2.24, 2.45) is 17.3 Å². The van der Waals surface area contributed by atoms with Crippen LogP contribution in [0.2, 0.25) is 0 Å². The van der Waals surface area contributed by atoms with Crippen LogP contribution >= 0.6 is 22.9 Å². The molecule has 2 aliphatic carbocycles. The van der Waals surface area contributed by atoms with Crippen molar-refractivity contribution in [1.29, 1.82) is 0 Å². The van der Waals surface area contributed by atoms with Gasteiger partial charge in [-0.05, 0) is 93.6 Å². The zero-order chi connectivity index (χ0) is 21.6. The molecule has 1 aromatic heterocycles. The maximum Gasteiger partial charge on any atom is 0.348 e. The van der Waals surface area contributed by atoms with Crippen LogP contribution in [-0.4, -0.2) is 29.7 Å². The number of carbonyl (C=O) groups excluding carboxylic acids is 1. The quantitative estimate of drug-likeness (QED) is 0.229. The molecule has 1 aromatic rings. The van der Waals surface area contributed by atoms with Crippen LogP contribution in [0.25, 0.3) is 0 Å². The highest BCUT2D eigenvalue weighted by Crippen LogP contribution is 2.48. The summed E-state index contributed by atoms with van der Waals surface area (Å²) >= 11 is 8.18. The maximum absolute atomic E-state index is 11.6. The third-order valence-electron chi connectivity index (χ3n) is 7.55. The summed E-state index contributed by atoms with van der Waals surface area (Å²) in [6.45, 7) is 2.21. The Morgan fingerprint density at radius 2 is 2.20 bits per heavy atom. The predicted molar refractivity (Wildman–Crippen MR) is 125 cm³/mol. The lowest BCUT2D eigenvalue weighted by atomic mass is 9.62. The van der Waals surface area contributed by atoms with Gasteiger partial charge in [-0.25, -0.2) is 4.79 Å². The van der Waals surface area contributed by atoms with Crippen LogP contribution in [0.15, 0.2) is 24.3 Å². The topological polar surface area (TPSA) is 46.5 Å². The molecule has 2 fully saturated rings. The Hall–Kier alpha value is -0.840. The van der Waals surface area contributed by atoms with Crippen molar-refractivity contribution in [3.8, 4) is 0 Å². The molecule has 3 nitrogen and oxygen atoms in total. The highest BCUT2D eigenvalue weighted by atomic mass is 35.5. The number of thiophene rings is 1. The van der Waals surface area contributed by atoms with E-state index in [1.54, 1.807) is 11.3 Å². The summed E-state index contributed by atoms with van der Waals surface area (Å²) < 4.78 is 4.79. The molecule has 30 heavy (non-hydrogen) atoms. The summed E-state index contributed by atoms with van der Waals surface area (Å²) in [5.74, 6) is 0.841. The number of methoxy groups -OCH3 is 1. The molecule has 2 aliphatic rings. The van der Waals surface area contributed by atoms with Crippen LogP contribution in [0.5, 0.6) is 0 Å². The number of aliphatic hydroxyl groups excluding tert-OH is 1. The van der Waals surface area contributed by atoms with Gasteiger partial charge in [0.05, 0.1) is 13.2 Å². The number of alkyl halides is 1. The minimum atomic E-state index is -0.246. The van der Waals surface area contributed by atoms with E-state index in [1.165, 1.54) is 44.1 Å². The van der Waals surface area contributed by atoms with Gasteiger partial charge >= 0.3 is 5.97 Å². The number of aliphatic hydroxyl groups is 1. The fourth-order valence-electron chi connectivity index (χ4n) is 5.30. The molecule has 0 bridgehead atoms. The largest absolute Gasteiger partial charge is 0.465 e. The Labute approximate surface area is 190 Å². The smallest absolute Gasteiger partial charge is 0.348 e. The Morgan fingerprint density at radius 3 is 2.87 bits per heavy atom. The highest BCUT2D eigenvalue weighted by molar-refractivity contribution is 7.13. The number of halogens is 1. The van der Waals surface area contributed by atoms with Gasteiger partial charge in [0.1, 0.15) is 4.88 Å². The normalized spacial score (nSPS) is 26.6. The van der Waals surface area contributed by atoms with Gasteiger partial charge in [0, 0.05) is 10.3 Å². The molecular formula is C25H37ClO3S. The third-order valence-corrected chi connectivity index (χ3v) is 9.18. The van der Waals surface area contributed by atoms with E-state index < -0.39 is 0 Å². The number of esters is 1. The zero-order valence-corrected chi connectivity index (χ0v) is 20.0. The van der Waals surface area contributed by atoms with Crippen molar-refractivity contribution in [3.63, 3.8) is 0 Å². The van der Waals surface area contributed by atoms with Gasteiger partial charge in [-0.1, -0.05) is 25.5 Å². The number of aryl methyl sites for hydroxylation is 1. The van der Waals surface area contributed by atoms with Crippen LogP contribution in [0, 0.1) is 17.3 Å². The van der Waals surface area contributed by atoms with Gasteiger partial charge in [-0.15, -0.1) is 22.9 Å². The molecular weight excluding hydrogens is 416 g/mol. The van der Waals surface area contributed by atoms with Crippen LogP contribution in [-0.2, 0) is 11.2 Å². The second-order valence-corrected chi connectivity index (χ2v) is 10.9. The molecule has 1 N–H and O–H groups in total. The van der Waals surface area contributed by atoms with Gasteiger partial charge in [-0.3, -0.25) is 0 Å². The third kappa shape index (κ3) is 5.69. The number of rotatable bonds is 11. The Bertz CT molecular complexity index is 703. The van der Waals surface area contributed by atoms with E-state index in [4.69, 9.17) is 16.3 Å². The highest BCUT2D eigenvalue weighted by Gasteiger charge is 2.41. The number of allylic oxidation sites excluding steroid dienone is 2. The van der Waals surface area contributed by atoms with E-state index in [2.05, 4.69) is 19.1 Å². The first kappa shape index (κ1) is 23.8. The number of hydrogen-bond donors (Lipinski definition) is 1. The lowest BCUT2D eigenvalue weighted by Crippen LogP contribution is -2.40. The molecule has 3 rings (SSSR count). The predicted octanol–water partition coefficient (Wildman–Crippen LogP) is 6.77. The Kier molecular flexibility index (Phi) is 8.85. The van der Waals surface area contributed by atoms with E-state index in [9.17, 15) is 9.90 Å². The summed E-state index contributed by atoms with van der Waals surface area (Å²) in [5.41, 5.74) is 0.203. The van der Waals surface area contributed by atoms with Crippen molar-refractivity contribution in [1.82, 2.24) is 0 Å². The van der Waals surface area contributed by atoms with Crippen molar-refractivity contribution >= 4 is 28.9 Å². The maximum atomic E-state index is 11.6. The van der Waals surface area contributed by atoms with Gasteiger partial charge in [-0.2, -0.15) is 0 Å².